The Morgan fingerprint density at radius 1 is 1.35 bits per heavy atom. The van der Waals surface area contributed by atoms with Gasteiger partial charge in [0.1, 0.15) is 31.1 Å². The van der Waals surface area contributed by atoms with Crippen molar-refractivity contribution in [2.75, 3.05) is 13.2 Å². The number of H-pyrrole nitrogens is 1. The molecule has 1 fully saturated rings. The third kappa shape index (κ3) is 6.70. The molecular formula is C21H25BClFN3O9P. The maximum Gasteiger partial charge on any atom is 0.459 e. The summed E-state index contributed by atoms with van der Waals surface area (Å²) in [5.41, 5.74) is -3.15. The molecule has 0 saturated carbocycles. The fourth-order valence-electron chi connectivity index (χ4n) is 3.38. The number of benzene rings is 1. The summed E-state index contributed by atoms with van der Waals surface area (Å²) in [4.78, 5) is 38.0. The quantitative estimate of drug-likeness (QED) is 0.167. The van der Waals surface area contributed by atoms with Gasteiger partial charge in [-0.05, 0) is 45.0 Å². The zero-order valence-electron chi connectivity index (χ0n) is 20.1. The van der Waals surface area contributed by atoms with E-state index in [2.05, 4.69) is 5.09 Å². The average Bonchev–Trinajstić information content (AvgIpc) is 3.02. The lowest BCUT2D eigenvalue weighted by atomic mass is 9.79. The first-order valence-corrected chi connectivity index (χ1v) is 12.9. The van der Waals surface area contributed by atoms with E-state index < -0.39 is 66.1 Å². The van der Waals surface area contributed by atoms with Gasteiger partial charge in [-0.3, -0.25) is 23.7 Å². The highest BCUT2D eigenvalue weighted by Gasteiger charge is 2.53. The van der Waals surface area contributed by atoms with Crippen LogP contribution in [0.2, 0.25) is 0 Å². The van der Waals surface area contributed by atoms with Crippen LogP contribution in [0, 0.1) is 5.82 Å². The third-order valence-electron chi connectivity index (χ3n) is 5.24. The molecule has 0 bridgehead atoms. The van der Waals surface area contributed by atoms with Crippen LogP contribution in [-0.4, -0.2) is 64.2 Å². The summed E-state index contributed by atoms with van der Waals surface area (Å²) in [5, 5.41) is 13.2. The zero-order valence-corrected chi connectivity index (χ0v) is 21.7. The first-order chi connectivity index (χ1) is 17.2. The van der Waals surface area contributed by atoms with Crippen LogP contribution in [0.1, 0.15) is 27.0 Å². The van der Waals surface area contributed by atoms with E-state index in [-0.39, 0.29) is 12.4 Å². The van der Waals surface area contributed by atoms with Crippen molar-refractivity contribution in [2.45, 2.75) is 49.5 Å². The van der Waals surface area contributed by atoms with Gasteiger partial charge in [-0.2, -0.15) is 5.09 Å². The summed E-state index contributed by atoms with van der Waals surface area (Å²) in [6.45, 7) is 3.74. The second kappa shape index (κ2) is 11.1. The van der Waals surface area contributed by atoms with E-state index >= 15 is 0 Å². The Labute approximate surface area is 217 Å². The van der Waals surface area contributed by atoms with E-state index in [1.54, 1.807) is 6.92 Å². The Kier molecular flexibility index (Phi) is 8.73. The van der Waals surface area contributed by atoms with Crippen molar-refractivity contribution in [2.24, 2.45) is 0 Å². The maximum atomic E-state index is 13.7. The molecule has 0 spiro atoms. The molecule has 200 valence electrons. The Balaban J connectivity index is 1.85. The van der Waals surface area contributed by atoms with Gasteiger partial charge in [0, 0.05) is 12.3 Å². The first kappa shape index (κ1) is 29.1. The fraction of sp³-hybridized carbons (Fsp3) is 0.476. The predicted octanol–water partition coefficient (Wildman–Crippen LogP) is 1.17. The summed E-state index contributed by atoms with van der Waals surface area (Å²) >= 11 is 6.29. The van der Waals surface area contributed by atoms with Crippen LogP contribution in [0.5, 0.6) is 5.75 Å². The summed E-state index contributed by atoms with van der Waals surface area (Å²) in [5.74, 6) is -1.40. The van der Waals surface area contributed by atoms with E-state index in [1.165, 1.54) is 26.0 Å². The number of rotatable bonds is 10. The van der Waals surface area contributed by atoms with Gasteiger partial charge in [-0.15, -0.1) is 11.6 Å². The minimum absolute atomic E-state index is 0.0514. The van der Waals surface area contributed by atoms with Gasteiger partial charge in [0.2, 0.25) is 0 Å². The number of aromatic amines is 1. The molecule has 3 N–H and O–H groups in total. The number of halogens is 2. The molecule has 37 heavy (non-hydrogen) atoms. The van der Waals surface area contributed by atoms with E-state index in [9.17, 15) is 28.4 Å². The topological polar surface area (TPSA) is 158 Å². The highest BCUT2D eigenvalue weighted by molar-refractivity contribution is 7.52. The Bertz CT molecular complexity index is 1290. The van der Waals surface area contributed by atoms with Gasteiger partial charge in [0.25, 0.3) is 5.56 Å². The maximum absolute atomic E-state index is 13.7. The van der Waals surface area contributed by atoms with Crippen molar-refractivity contribution in [3.63, 3.8) is 0 Å². The van der Waals surface area contributed by atoms with E-state index in [4.69, 9.17) is 38.0 Å². The largest absolute Gasteiger partial charge is 0.465 e. The molecule has 1 aromatic heterocycles. The van der Waals surface area contributed by atoms with Gasteiger partial charge in [-0.25, -0.2) is 13.8 Å². The molecule has 0 aliphatic carbocycles. The number of nitrogens with zero attached hydrogens (tertiary/aromatic N) is 1. The van der Waals surface area contributed by atoms with Gasteiger partial charge >= 0.3 is 19.4 Å². The second-order valence-corrected chi connectivity index (χ2v) is 10.9. The van der Waals surface area contributed by atoms with Crippen molar-refractivity contribution < 1.29 is 37.4 Å². The number of hydrogen-bond donors (Lipinski definition) is 3. The van der Waals surface area contributed by atoms with Crippen LogP contribution in [0.4, 0.5) is 4.39 Å². The number of carbonyl (C=O) groups is 1. The number of aliphatic hydroxyl groups is 1. The number of ether oxygens (including phenoxy) is 2. The predicted molar refractivity (Wildman–Crippen MR) is 130 cm³/mol. The molecule has 2 heterocycles. The molecule has 1 aliphatic rings. The highest BCUT2D eigenvalue weighted by Crippen LogP contribution is 2.48. The number of hydrogen-bond acceptors (Lipinski definition) is 9. The molecule has 12 nitrogen and oxygen atoms in total. The van der Waals surface area contributed by atoms with Crippen molar-refractivity contribution in [3.05, 3.63) is 63.2 Å². The van der Waals surface area contributed by atoms with Crippen LogP contribution in [0.3, 0.4) is 0 Å². The first-order valence-electron chi connectivity index (χ1n) is 11.0. The van der Waals surface area contributed by atoms with Crippen LogP contribution >= 0.6 is 19.3 Å². The standard InChI is InChI=1S/C21H25BClFN3O9P/c1-4-33-18(30)20(2,3)26-37(32,36-13-7-5-12(24)6-8-13)34-11-14-16(29)21(22,23)17(35-14)27-10-9-15(28)25-19(27)31/h5-10,14,16-17,29H,4,11H2,1-3H3,(H,26,32)(H,25,28,31)/t14-,16-,17-,21+,37+/m1/s1. The van der Waals surface area contributed by atoms with Crippen molar-refractivity contribution in [3.8, 4) is 5.75 Å². The summed E-state index contributed by atoms with van der Waals surface area (Å²) in [7, 11) is 1.57. The minimum atomic E-state index is -4.45. The van der Waals surface area contributed by atoms with Crippen LogP contribution in [0.15, 0.2) is 46.1 Å². The average molecular weight is 560 g/mol. The molecule has 2 radical (unpaired) electrons. The third-order valence-corrected chi connectivity index (χ3v) is 7.42. The normalized spacial score (nSPS) is 25.4. The van der Waals surface area contributed by atoms with Crippen LogP contribution in [-0.2, 0) is 23.4 Å². The number of esters is 1. The summed E-state index contributed by atoms with van der Waals surface area (Å²) in [6.07, 6.45) is -3.37. The van der Waals surface area contributed by atoms with Crippen molar-refractivity contribution in [1.29, 1.82) is 0 Å². The Morgan fingerprint density at radius 2 is 2.00 bits per heavy atom. The number of nitrogens with one attached hydrogen (secondary N) is 2. The molecule has 0 unspecified atom stereocenters. The van der Waals surface area contributed by atoms with Crippen LogP contribution in [0.25, 0.3) is 0 Å². The lowest BCUT2D eigenvalue weighted by molar-refractivity contribution is -0.149. The number of alkyl halides is 1. The van der Waals surface area contributed by atoms with E-state index in [0.717, 1.165) is 29.0 Å². The monoisotopic (exact) mass is 559 g/mol. The molecular weight excluding hydrogens is 534 g/mol. The summed E-state index contributed by atoms with van der Waals surface area (Å²) < 4.78 is 47.4. The zero-order chi connectivity index (χ0) is 27.6. The Morgan fingerprint density at radius 3 is 2.59 bits per heavy atom. The molecule has 0 amide bonds. The number of carbonyl (C=O) groups excluding carboxylic acids is 1. The Hall–Kier alpha value is -2.48. The minimum Gasteiger partial charge on any atom is -0.465 e. The SMILES string of the molecule is [B][C@]1(Cl)[C@H](O)[C@@H](CO[P@@](=O)(NC(C)(C)C(=O)OCC)Oc2ccc(F)cc2)O[C@H]1n1ccc(=O)[nH]c1=O. The van der Waals surface area contributed by atoms with Gasteiger partial charge < -0.3 is 19.1 Å². The smallest absolute Gasteiger partial charge is 0.459 e. The van der Waals surface area contributed by atoms with Gasteiger partial charge in [0.05, 0.1) is 24.1 Å². The van der Waals surface area contributed by atoms with Crippen LogP contribution < -0.4 is 20.9 Å². The van der Waals surface area contributed by atoms with Crippen molar-refractivity contribution in [1.82, 2.24) is 14.6 Å². The molecule has 3 rings (SSSR count). The lowest BCUT2D eigenvalue weighted by Gasteiger charge is -2.30. The molecule has 5 atom stereocenters. The number of aliphatic hydroxyl groups excluding tert-OH is 1. The fourth-order valence-corrected chi connectivity index (χ4v) is 5.36. The second-order valence-electron chi connectivity index (χ2n) is 8.61. The van der Waals surface area contributed by atoms with Crippen molar-refractivity contribution >= 4 is 33.2 Å². The van der Waals surface area contributed by atoms with E-state index in [0.29, 0.717) is 0 Å². The molecule has 1 aliphatic heterocycles. The summed E-state index contributed by atoms with van der Waals surface area (Å²) in [6, 6.07) is 5.52. The van der Waals surface area contributed by atoms with Gasteiger partial charge in [-0.1, -0.05) is 0 Å². The lowest BCUT2D eigenvalue weighted by Crippen LogP contribution is -2.47. The molecule has 2 aromatic rings. The highest BCUT2D eigenvalue weighted by atomic mass is 35.5. The van der Waals surface area contributed by atoms with Gasteiger partial charge in [0.15, 0.2) is 6.23 Å². The van der Waals surface area contributed by atoms with E-state index in [1.807, 2.05) is 4.98 Å². The molecule has 1 aromatic carbocycles. The molecule has 1 saturated heterocycles. The number of aromatic nitrogens is 2. The molecule has 16 heteroatoms.